The van der Waals surface area contributed by atoms with Crippen LogP contribution in [0.15, 0.2) is 46.8 Å². The maximum absolute atomic E-state index is 12.2. The second kappa shape index (κ2) is 7.52. The minimum atomic E-state index is -1.62. The van der Waals surface area contributed by atoms with E-state index < -0.39 is 22.3 Å². The van der Waals surface area contributed by atoms with Gasteiger partial charge in [-0.3, -0.25) is 10.1 Å². The summed E-state index contributed by atoms with van der Waals surface area (Å²) < 4.78 is 0. The normalized spacial score (nSPS) is 16.0. The van der Waals surface area contributed by atoms with Gasteiger partial charge in [0, 0.05) is 30.1 Å². The number of carboxylic acids is 2. The van der Waals surface area contributed by atoms with Crippen LogP contribution in [0.2, 0.25) is 0 Å². The zero-order chi connectivity index (χ0) is 21.2. The third-order valence-electron chi connectivity index (χ3n) is 5.04. The molecule has 9 nitrogen and oxygen atoms in total. The van der Waals surface area contributed by atoms with Gasteiger partial charge in [0.2, 0.25) is 0 Å². The lowest BCUT2D eigenvalue weighted by molar-refractivity contribution is -0.384. The Labute approximate surface area is 161 Å². The van der Waals surface area contributed by atoms with Gasteiger partial charge in [-0.1, -0.05) is 12.1 Å². The fourth-order valence-electron chi connectivity index (χ4n) is 3.82. The molecule has 146 valence electrons. The lowest BCUT2D eigenvalue weighted by atomic mass is 9.66. The van der Waals surface area contributed by atoms with Crippen molar-refractivity contribution in [2.75, 3.05) is 6.54 Å². The first kappa shape index (κ1) is 20.6. The maximum atomic E-state index is 12.2. The van der Waals surface area contributed by atoms with Crippen LogP contribution in [0, 0.1) is 21.4 Å². The van der Waals surface area contributed by atoms with E-state index >= 15 is 0 Å². The molecule has 0 spiro atoms. The van der Waals surface area contributed by atoms with Crippen molar-refractivity contribution in [3.05, 3.63) is 62.5 Å². The molecule has 1 aromatic carbocycles. The molecule has 9 heteroatoms. The highest BCUT2D eigenvalue weighted by molar-refractivity contribution is 6.00. The van der Waals surface area contributed by atoms with Crippen molar-refractivity contribution in [2.24, 2.45) is 0 Å². The Morgan fingerprint density at radius 3 is 2.18 bits per heavy atom. The number of hydrogen-bond acceptors (Lipinski definition) is 6. The zero-order valence-corrected chi connectivity index (χ0v) is 15.6. The summed E-state index contributed by atoms with van der Waals surface area (Å²) in [6.45, 7) is 4.65. The van der Waals surface area contributed by atoms with E-state index in [9.17, 15) is 29.9 Å². The smallest absolute Gasteiger partial charge is 0.334 e. The number of nitro groups is 1. The molecule has 1 aromatic rings. The molecule has 0 amide bonds. The molecule has 0 saturated carbocycles. The van der Waals surface area contributed by atoms with Crippen LogP contribution in [0.5, 0.6) is 0 Å². The molecule has 0 aromatic heterocycles. The lowest BCUT2D eigenvalue weighted by Gasteiger charge is -2.42. The SMILES string of the molecule is CC1=C(C(=O)O)C(C)(c2cccc([N+](=O)[O-])c2)C(C(=O)O)=C(C)N1CCC#N. The second-order valence-electron chi connectivity index (χ2n) is 6.52. The number of nitriles is 1. The Hall–Kier alpha value is -3.67. The summed E-state index contributed by atoms with van der Waals surface area (Å²) in [7, 11) is 0. The molecule has 0 aliphatic carbocycles. The summed E-state index contributed by atoms with van der Waals surface area (Å²) >= 11 is 0. The molecule has 0 atom stereocenters. The van der Waals surface area contributed by atoms with Gasteiger partial charge in [0.15, 0.2) is 0 Å². The van der Waals surface area contributed by atoms with E-state index in [1.165, 1.54) is 36.1 Å². The molecule has 1 heterocycles. The van der Waals surface area contributed by atoms with E-state index in [1.807, 2.05) is 6.07 Å². The second-order valence-corrected chi connectivity index (χ2v) is 6.52. The monoisotopic (exact) mass is 385 g/mol. The zero-order valence-electron chi connectivity index (χ0n) is 15.6. The summed E-state index contributed by atoms with van der Waals surface area (Å²) in [5.74, 6) is -2.67. The summed E-state index contributed by atoms with van der Waals surface area (Å²) in [5.41, 5.74) is -1.52. The van der Waals surface area contributed by atoms with Crippen molar-refractivity contribution in [3.63, 3.8) is 0 Å². The highest BCUT2D eigenvalue weighted by Gasteiger charge is 2.49. The van der Waals surface area contributed by atoms with E-state index in [2.05, 4.69) is 0 Å². The fourth-order valence-corrected chi connectivity index (χ4v) is 3.82. The minimum Gasteiger partial charge on any atom is -0.478 e. The van der Waals surface area contributed by atoms with Crippen molar-refractivity contribution >= 4 is 17.6 Å². The lowest BCUT2D eigenvalue weighted by Crippen LogP contribution is -2.44. The van der Waals surface area contributed by atoms with Gasteiger partial charge in [-0.2, -0.15) is 5.26 Å². The van der Waals surface area contributed by atoms with Gasteiger partial charge in [0.05, 0.1) is 34.0 Å². The molecular weight excluding hydrogens is 366 g/mol. The summed E-state index contributed by atoms with van der Waals surface area (Å²) in [6.07, 6.45) is 0.0714. The molecule has 0 fully saturated rings. The number of carbonyl (C=O) groups is 2. The van der Waals surface area contributed by atoms with Crippen LogP contribution >= 0.6 is 0 Å². The largest absolute Gasteiger partial charge is 0.478 e. The standard InChI is InChI=1S/C19H19N3O6/c1-11-15(17(23)24)19(3,13-6-4-7-14(10-13)22(27)28)16(18(25)26)12(2)21(11)9-5-8-20/h4,6-7,10H,5,9H2,1-3H3,(H,23,24)(H,25,26). The van der Waals surface area contributed by atoms with Crippen LogP contribution in [0.1, 0.15) is 32.8 Å². The molecule has 0 saturated heterocycles. The van der Waals surface area contributed by atoms with Gasteiger partial charge in [0.1, 0.15) is 0 Å². The molecular formula is C19H19N3O6. The van der Waals surface area contributed by atoms with Crippen LogP contribution in [-0.4, -0.2) is 38.5 Å². The summed E-state index contributed by atoms with van der Waals surface area (Å²) in [6, 6.07) is 7.27. The predicted octanol–water partition coefficient (Wildman–Crippen LogP) is 2.80. The van der Waals surface area contributed by atoms with Gasteiger partial charge in [-0.25, -0.2) is 9.59 Å². The van der Waals surface area contributed by atoms with Crippen molar-refractivity contribution in [1.29, 1.82) is 5.26 Å². The highest BCUT2D eigenvalue weighted by atomic mass is 16.6. The molecule has 0 radical (unpaired) electrons. The Bertz CT molecular complexity index is 932. The van der Waals surface area contributed by atoms with Gasteiger partial charge < -0.3 is 15.1 Å². The van der Waals surface area contributed by atoms with E-state index in [0.29, 0.717) is 11.4 Å². The number of nitro benzene ring substituents is 1. The van der Waals surface area contributed by atoms with Crippen molar-refractivity contribution in [3.8, 4) is 6.07 Å². The van der Waals surface area contributed by atoms with Gasteiger partial charge in [0.25, 0.3) is 5.69 Å². The van der Waals surface area contributed by atoms with Gasteiger partial charge in [-0.05, 0) is 26.3 Å². The number of nitrogens with zero attached hydrogens (tertiary/aromatic N) is 3. The van der Waals surface area contributed by atoms with E-state index in [0.717, 1.165) is 0 Å². The van der Waals surface area contributed by atoms with Gasteiger partial charge in [-0.15, -0.1) is 0 Å². The number of benzene rings is 1. The van der Waals surface area contributed by atoms with Crippen LogP contribution in [0.3, 0.4) is 0 Å². The van der Waals surface area contributed by atoms with Crippen LogP contribution < -0.4 is 0 Å². The highest BCUT2D eigenvalue weighted by Crippen LogP contribution is 2.47. The molecule has 0 unspecified atom stereocenters. The molecule has 1 aliphatic heterocycles. The third kappa shape index (κ3) is 3.20. The third-order valence-corrected chi connectivity index (χ3v) is 5.04. The number of rotatable bonds is 6. The van der Waals surface area contributed by atoms with Crippen molar-refractivity contribution in [1.82, 2.24) is 4.90 Å². The molecule has 1 aliphatic rings. The predicted molar refractivity (Wildman–Crippen MR) is 98.1 cm³/mol. The maximum Gasteiger partial charge on any atom is 0.334 e. The van der Waals surface area contributed by atoms with Crippen LogP contribution in [0.4, 0.5) is 5.69 Å². The first-order chi connectivity index (χ1) is 13.1. The summed E-state index contributed by atoms with van der Waals surface area (Å²) in [5, 5.41) is 39.9. The molecule has 0 bridgehead atoms. The number of carboxylic acid groups (broad SMARTS) is 2. The quantitative estimate of drug-likeness (QED) is 0.561. The number of non-ortho nitro benzene ring substituents is 1. The Morgan fingerprint density at radius 2 is 1.75 bits per heavy atom. The van der Waals surface area contributed by atoms with E-state index in [1.54, 1.807) is 13.8 Å². The van der Waals surface area contributed by atoms with Crippen LogP contribution in [0.25, 0.3) is 0 Å². The number of aliphatic carboxylic acids is 2. The summed E-state index contributed by atoms with van der Waals surface area (Å²) in [4.78, 5) is 36.4. The van der Waals surface area contributed by atoms with E-state index in [-0.39, 0.29) is 35.4 Å². The van der Waals surface area contributed by atoms with Crippen molar-refractivity contribution in [2.45, 2.75) is 32.6 Å². The number of allylic oxidation sites excluding steroid dienone is 2. The Kier molecular flexibility index (Phi) is 5.54. The first-order valence-electron chi connectivity index (χ1n) is 8.36. The Morgan fingerprint density at radius 1 is 1.21 bits per heavy atom. The topological polar surface area (TPSA) is 145 Å². The molecule has 28 heavy (non-hydrogen) atoms. The average Bonchev–Trinajstić information content (AvgIpc) is 2.60. The van der Waals surface area contributed by atoms with E-state index in [4.69, 9.17) is 5.26 Å². The number of hydrogen-bond donors (Lipinski definition) is 2. The Balaban J connectivity index is 2.88. The average molecular weight is 385 g/mol. The molecule has 2 N–H and O–H groups in total. The fraction of sp³-hybridized carbons (Fsp3) is 0.316. The van der Waals surface area contributed by atoms with Gasteiger partial charge >= 0.3 is 11.9 Å². The van der Waals surface area contributed by atoms with Crippen molar-refractivity contribution < 1.29 is 24.7 Å². The van der Waals surface area contributed by atoms with Crippen LogP contribution in [-0.2, 0) is 15.0 Å². The molecule has 2 rings (SSSR count). The minimum absolute atomic E-state index is 0.0714. The first-order valence-corrected chi connectivity index (χ1v) is 8.36.